The van der Waals surface area contributed by atoms with Gasteiger partial charge >= 0.3 is 0 Å². The van der Waals surface area contributed by atoms with Gasteiger partial charge in [-0.25, -0.2) is 12.8 Å². The first-order valence-electron chi connectivity index (χ1n) is 11.2. The number of sulfonamides is 1. The number of halogens is 1. The number of nitrogens with zero attached hydrogens (tertiary/aromatic N) is 1. The van der Waals surface area contributed by atoms with Gasteiger partial charge < -0.3 is 14.8 Å². The minimum Gasteiger partial charge on any atom is -0.494 e. The van der Waals surface area contributed by atoms with Crippen molar-refractivity contribution in [2.45, 2.75) is 38.3 Å². The molecular weight excluding hydrogens is 471 g/mol. The predicted octanol–water partition coefficient (Wildman–Crippen LogP) is 4.52. The summed E-state index contributed by atoms with van der Waals surface area (Å²) in [6.07, 6.45) is 0.0512. The van der Waals surface area contributed by atoms with E-state index in [1.54, 1.807) is 12.1 Å². The van der Waals surface area contributed by atoms with Crippen LogP contribution < -0.4 is 19.1 Å². The van der Waals surface area contributed by atoms with E-state index >= 15 is 0 Å². The molecule has 3 rings (SSSR count). The number of carbonyl (C=O) groups excluding carboxylic acids is 1. The summed E-state index contributed by atoms with van der Waals surface area (Å²) in [5.41, 5.74) is 1.00. The molecule has 9 heteroatoms. The standard InChI is InChI=1S/C26H29FN2O5S/c1-4-33-23-13-15-25(16-14-23)35(31,32)29(22-9-7-21(27)8-10-22)18-26(30)28-17-20-5-11-24(12-6-20)34-19(2)3/h5-16,19H,4,17-18H2,1-3H3,(H,28,30). The molecule has 0 atom stereocenters. The molecule has 0 heterocycles. The molecule has 0 aliphatic heterocycles. The highest BCUT2D eigenvalue weighted by Crippen LogP contribution is 2.25. The highest BCUT2D eigenvalue weighted by Gasteiger charge is 2.27. The Morgan fingerprint density at radius 3 is 2.11 bits per heavy atom. The zero-order valence-corrected chi connectivity index (χ0v) is 20.7. The minimum atomic E-state index is -4.12. The second-order valence-electron chi connectivity index (χ2n) is 7.98. The fourth-order valence-electron chi connectivity index (χ4n) is 3.27. The van der Waals surface area contributed by atoms with Crippen LogP contribution >= 0.6 is 0 Å². The largest absolute Gasteiger partial charge is 0.494 e. The minimum absolute atomic E-state index is 0.0150. The third-order valence-electron chi connectivity index (χ3n) is 4.91. The van der Waals surface area contributed by atoms with E-state index in [-0.39, 0.29) is 23.2 Å². The average molecular weight is 501 g/mol. The van der Waals surface area contributed by atoms with Gasteiger partial charge in [0.1, 0.15) is 23.9 Å². The monoisotopic (exact) mass is 500 g/mol. The molecule has 0 fully saturated rings. The van der Waals surface area contributed by atoms with Crippen LogP contribution in [0.25, 0.3) is 0 Å². The van der Waals surface area contributed by atoms with Gasteiger partial charge in [-0.3, -0.25) is 9.10 Å². The smallest absolute Gasteiger partial charge is 0.264 e. The highest BCUT2D eigenvalue weighted by atomic mass is 32.2. The number of hydrogen-bond acceptors (Lipinski definition) is 5. The number of nitrogens with one attached hydrogen (secondary N) is 1. The van der Waals surface area contributed by atoms with Crippen LogP contribution in [0.1, 0.15) is 26.3 Å². The van der Waals surface area contributed by atoms with Crippen LogP contribution in [0.15, 0.2) is 77.7 Å². The quantitative estimate of drug-likeness (QED) is 0.418. The molecule has 0 aliphatic carbocycles. The van der Waals surface area contributed by atoms with Crippen molar-refractivity contribution in [1.82, 2.24) is 5.32 Å². The summed E-state index contributed by atoms with van der Waals surface area (Å²) in [7, 11) is -4.12. The third kappa shape index (κ3) is 7.19. The topological polar surface area (TPSA) is 84.9 Å². The second-order valence-corrected chi connectivity index (χ2v) is 9.84. The molecular formula is C26H29FN2O5S. The summed E-state index contributed by atoms with van der Waals surface area (Å²) in [6.45, 7) is 5.87. The van der Waals surface area contributed by atoms with Crippen LogP contribution in [0.4, 0.5) is 10.1 Å². The number of carbonyl (C=O) groups is 1. The maximum atomic E-state index is 13.5. The summed E-state index contributed by atoms with van der Waals surface area (Å²) in [5, 5.41) is 2.74. The Bertz CT molecular complexity index is 1210. The number of hydrogen-bond donors (Lipinski definition) is 1. The van der Waals surface area contributed by atoms with E-state index in [1.807, 2.05) is 45.0 Å². The van der Waals surface area contributed by atoms with E-state index in [0.29, 0.717) is 12.4 Å². The molecule has 1 amide bonds. The first kappa shape index (κ1) is 26.0. The van der Waals surface area contributed by atoms with Crippen molar-refractivity contribution in [3.8, 4) is 11.5 Å². The van der Waals surface area contributed by atoms with E-state index in [4.69, 9.17) is 9.47 Å². The number of benzene rings is 3. The van der Waals surface area contributed by atoms with Gasteiger partial charge in [-0.15, -0.1) is 0 Å². The molecule has 0 saturated heterocycles. The Kier molecular flexibility index (Phi) is 8.70. The number of amides is 1. The molecule has 0 spiro atoms. The summed E-state index contributed by atoms with van der Waals surface area (Å²) >= 11 is 0. The summed E-state index contributed by atoms with van der Waals surface area (Å²) in [6, 6.07) is 18.1. The van der Waals surface area contributed by atoms with Crippen LogP contribution in [0.5, 0.6) is 11.5 Å². The maximum absolute atomic E-state index is 13.5. The highest BCUT2D eigenvalue weighted by molar-refractivity contribution is 7.92. The third-order valence-corrected chi connectivity index (χ3v) is 6.70. The Balaban J connectivity index is 1.77. The van der Waals surface area contributed by atoms with Gasteiger partial charge in [0.2, 0.25) is 5.91 Å². The summed E-state index contributed by atoms with van der Waals surface area (Å²) in [5.74, 6) is 0.231. The van der Waals surface area contributed by atoms with Crippen molar-refractivity contribution >= 4 is 21.6 Å². The molecule has 3 aromatic rings. The lowest BCUT2D eigenvalue weighted by molar-refractivity contribution is -0.119. The zero-order valence-electron chi connectivity index (χ0n) is 19.9. The number of ether oxygens (including phenoxy) is 2. The zero-order chi connectivity index (χ0) is 25.4. The molecule has 1 N–H and O–H groups in total. The van der Waals surface area contributed by atoms with Crippen molar-refractivity contribution in [2.24, 2.45) is 0 Å². The summed E-state index contributed by atoms with van der Waals surface area (Å²) in [4.78, 5) is 12.7. The first-order chi connectivity index (χ1) is 16.7. The normalized spacial score (nSPS) is 11.2. The van der Waals surface area contributed by atoms with Crippen LogP contribution in [0.3, 0.4) is 0 Å². The fourth-order valence-corrected chi connectivity index (χ4v) is 4.69. The van der Waals surface area contributed by atoms with Gasteiger partial charge in [-0.1, -0.05) is 12.1 Å². The van der Waals surface area contributed by atoms with Crippen molar-refractivity contribution in [3.63, 3.8) is 0 Å². The van der Waals surface area contributed by atoms with Gasteiger partial charge in [0.05, 0.1) is 23.3 Å². The Hall–Kier alpha value is -3.59. The van der Waals surface area contributed by atoms with E-state index in [1.165, 1.54) is 24.3 Å². The van der Waals surface area contributed by atoms with E-state index < -0.39 is 28.3 Å². The van der Waals surface area contributed by atoms with Crippen molar-refractivity contribution in [1.29, 1.82) is 0 Å². The molecule has 0 aliphatic rings. The van der Waals surface area contributed by atoms with Crippen LogP contribution in [-0.4, -0.2) is 33.6 Å². The molecule has 0 saturated carbocycles. The van der Waals surface area contributed by atoms with Crippen LogP contribution in [0.2, 0.25) is 0 Å². The number of anilines is 1. The Labute approximate surface area is 205 Å². The van der Waals surface area contributed by atoms with Crippen molar-refractivity contribution in [3.05, 3.63) is 84.2 Å². The summed E-state index contributed by atoms with van der Waals surface area (Å²) < 4.78 is 52.3. The molecule has 0 unspecified atom stereocenters. The predicted molar refractivity (Wildman–Crippen MR) is 133 cm³/mol. The van der Waals surface area contributed by atoms with Crippen molar-refractivity contribution in [2.75, 3.05) is 17.5 Å². The van der Waals surface area contributed by atoms with Gasteiger partial charge in [-0.2, -0.15) is 0 Å². The molecule has 0 bridgehead atoms. The average Bonchev–Trinajstić information content (AvgIpc) is 2.83. The van der Waals surface area contributed by atoms with E-state index in [2.05, 4.69) is 5.32 Å². The SMILES string of the molecule is CCOc1ccc(S(=O)(=O)N(CC(=O)NCc2ccc(OC(C)C)cc2)c2ccc(F)cc2)cc1. The molecule has 0 aromatic heterocycles. The van der Waals surface area contributed by atoms with Crippen LogP contribution in [0, 0.1) is 5.82 Å². The Morgan fingerprint density at radius 1 is 0.943 bits per heavy atom. The lowest BCUT2D eigenvalue weighted by atomic mass is 10.2. The fraction of sp³-hybridized carbons (Fsp3) is 0.269. The maximum Gasteiger partial charge on any atom is 0.264 e. The van der Waals surface area contributed by atoms with Gasteiger partial charge in [0, 0.05) is 6.54 Å². The second kappa shape index (κ2) is 11.7. The van der Waals surface area contributed by atoms with Gasteiger partial charge in [-0.05, 0) is 87.0 Å². The molecule has 0 radical (unpaired) electrons. The first-order valence-corrected chi connectivity index (χ1v) is 12.7. The molecule has 186 valence electrons. The molecule has 3 aromatic carbocycles. The van der Waals surface area contributed by atoms with Gasteiger partial charge in [0.15, 0.2) is 0 Å². The van der Waals surface area contributed by atoms with Gasteiger partial charge in [0.25, 0.3) is 10.0 Å². The van der Waals surface area contributed by atoms with E-state index in [9.17, 15) is 17.6 Å². The lowest BCUT2D eigenvalue weighted by Crippen LogP contribution is -2.40. The molecule has 35 heavy (non-hydrogen) atoms. The van der Waals surface area contributed by atoms with Crippen LogP contribution in [-0.2, 0) is 21.4 Å². The lowest BCUT2D eigenvalue weighted by Gasteiger charge is -2.24. The molecule has 7 nitrogen and oxygen atoms in total. The van der Waals surface area contributed by atoms with Crippen molar-refractivity contribution < 1.29 is 27.1 Å². The van der Waals surface area contributed by atoms with E-state index in [0.717, 1.165) is 27.8 Å². The Morgan fingerprint density at radius 2 is 1.54 bits per heavy atom. The number of rotatable bonds is 11.